The summed E-state index contributed by atoms with van der Waals surface area (Å²) in [7, 11) is 0. The normalized spacial score (nSPS) is 12.2. The summed E-state index contributed by atoms with van der Waals surface area (Å²) in [5.41, 5.74) is 4.23. The van der Waals surface area contributed by atoms with Crippen LogP contribution in [-0.2, 0) is 0 Å². The number of aromatic amines is 1. The quantitative estimate of drug-likeness (QED) is 0.159. The molecule has 6 nitrogen and oxygen atoms in total. The number of phenols is 1. The van der Waals surface area contributed by atoms with Crippen LogP contribution >= 0.6 is 0 Å². The van der Waals surface area contributed by atoms with E-state index in [1.807, 2.05) is 48.5 Å². The number of para-hydroxylation sites is 1. The zero-order valence-corrected chi connectivity index (χ0v) is 19.5. The number of hydrogen-bond donors (Lipinski definition) is 4. The Morgan fingerprint density at radius 2 is 1.67 bits per heavy atom. The molecule has 0 aliphatic carbocycles. The van der Waals surface area contributed by atoms with Gasteiger partial charge < -0.3 is 25.3 Å². The SMILES string of the molecule is O=C(/C=C/c1ccc(O)cc1)c1ccc(NCC(O)COc2cccc3[nH]c4ccccc4c23)cc1. The molecule has 36 heavy (non-hydrogen) atoms. The second kappa shape index (κ2) is 10.4. The van der Waals surface area contributed by atoms with Gasteiger partial charge >= 0.3 is 0 Å². The summed E-state index contributed by atoms with van der Waals surface area (Å²) < 4.78 is 5.98. The fourth-order valence-corrected chi connectivity index (χ4v) is 4.08. The summed E-state index contributed by atoms with van der Waals surface area (Å²) in [6, 6.07) is 27.7. The Hall–Kier alpha value is -4.55. The summed E-state index contributed by atoms with van der Waals surface area (Å²) in [6.45, 7) is 0.447. The molecule has 1 heterocycles. The molecule has 1 unspecified atom stereocenters. The van der Waals surface area contributed by atoms with E-state index < -0.39 is 6.10 Å². The van der Waals surface area contributed by atoms with Crippen LogP contribution in [0.25, 0.3) is 27.9 Å². The number of aliphatic hydroxyl groups is 1. The van der Waals surface area contributed by atoms with E-state index in [1.54, 1.807) is 42.5 Å². The third kappa shape index (κ3) is 5.24. The molecule has 5 rings (SSSR count). The van der Waals surface area contributed by atoms with Crippen LogP contribution in [0.15, 0.2) is 97.1 Å². The minimum absolute atomic E-state index is 0.116. The second-order valence-electron chi connectivity index (χ2n) is 8.56. The summed E-state index contributed by atoms with van der Waals surface area (Å²) in [6.07, 6.45) is 2.49. The number of allylic oxidation sites excluding steroid dienone is 1. The van der Waals surface area contributed by atoms with E-state index in [0.717, 1.165) is 38.8 Å². The number of H-pyrrole nitrogens is 1. The highest BCUT2D eigenvalue weighted by atomic mass is 16.5. The first-order valence-corrected chi connectivity index (χ1v) is 11.7. The highest BCUT2D eigenvalue weighted by molar-refractivity contribution is 6.10. The Labute approximate surface area is 208 Å². The third-order valence-corrected chi connectivity index (χ3v) is 5.95. The van der Waals surface area contributed by atoms with E-state index in [1.165, 1.54) is 6.08 Å². The predicted molar refractivity (Wildman–Crippen MR) is 144 cm³/mol. The van der Waals surface area contributed by atoms with Crippen molar-refractivity contribution < 1.29 is 19.7 Å². The number of nitrogens with one attached hydrogen (secondary N) is 2. The van der Waals surface area contributed by atoms with Crippen LogP contribution in [0.4, 0.5) is 5.69 Å². The molecule has 4 aromatic carbocycles. The van der Waals surface area contributed by atoms with Gasteiger partial charge in [0.1, 0.15) is 24.2 Å². The monoisotopic (exact) mass is 478 g/mol. The topological polar surface area (TPSA) is 94.6 Å². The zero-order chi connectivity index (χ0) is 24.9. The number of aliphatic hydroxyl groups excluding tert-OH is 1. The van der Waals surface area contributed by atoms with Gasteiger partial charge in [-0.25, -0.2) is 0 Å². The molecule has 0 fully saturated rings. The highest BCUT2D eigenvalue weighted by Crippen LogP contribution is 2.33. The van der Waals surface area contributed by atoms with Gasteiger partial charge in [0.2, 0.25) is 0 Å². The highest BCUT2D eigenvalue weighted by Gasteiger charge is 2.12. The van der Waals surface area contributed by atoms with Gasteiger partial charge in [-0.05, 0) is 66.2 Å². The van der Waals surface area contributed by atoms with Crippen LogP contribution in [0.2, 0.25) is 0 Å². The molecule has 0 saturated carbocycles. The van der Waals surface area contributed by atoms with Gasteiger partial charge in [0, 0.05) is 34.1 Å². The molecule has 0 amide bonds. The summed E-state index contributed by atoms with van der Waals surface area (Å²) >= 11 is 0. The molecule has 0 spiro atoms. The molecule has 0 aliphatic rings. The molecule has 0 saturated heterocycles. The molecule has 0 aliphatic heterocycles. The van der Waals surface area contributed by atoms with Crippen molar-refractivity contribution in [1.82, 2.24) is 4.98 Å². The van der Waals surface area contributed by atoms with Gasteiger partial charge in [0.15, 0.2) is 5.78 Å². The van der Waals surface area contributed by atoms with Crippen molar-refractivity contribution in [2.24, 2.45) is 0 Å². The van der Waals surface area contributed by atoms with Gasteiger partial charge in [0.25, 0.3) is 0 Å². The Kier molecular flexibility index (Phi) is 6.69. The smallest absolute Gasteiger partial charge is 0.185 e. The van der Waals surface area contributed by atoms with Crippen LogP contribution in [0.5, 0.6) is 11.5 Å². The molecule has 180 valence electrons. The first-order chi connectivity index (χ1) is 17.6. The van der Waals surface area contributed by atoms with Gasteiger partial charge in [-0.3, -0.25) is 4.79 Å². The van der Waals surface area contributed by atoms with Crippen molar-refractivity contribution in [3.8, 4) is 11.5 Å². The molecular weight excluding hydrogens is 452 g/mol. The summed E-state index contributed by atoms with van der Waals surface area (Å²) in [5, 5.41) is 25.1. The lowest BCUT2D eigenvalue weighted by Crippen LogP contribution is -2.26. The van der Waals surface area contributed by atoms with Gasteiger partial charge in [-0.1, -0.05) is 42.5 Å². The number of ether oxygens (including phenoxy) is 1. The first kappa shape index (κ1) is 23.2. The standard InChI is InChI=1S/C30H26N2O4/c33-23-15-8-20(9-16-23)10-17-28(35)21-11-13-22(14-12-21)31-18-24(34)19-36-29-7-3-6-27-30(29)25-4-1-2-5-26(25)32-27/h1-17,24,31-34H,18-19H2/b17-10+. The van der Waals surface area contributed by atoms with E-state index in [-0.39, 0.29) is 18.1 Å². The van der Waals surface area contributed by atoms with Crippen LogP contribution in [-0.4, -0.2) is 40.2 Å². The summed E-state index contributed by atoms with van der Waals surface area (Å²) in [4.78, 5) is 15.8. The number of fused-ring (bicyclic) bond motifs is 3. The number of benzene rings is 4. The van der Waals surface area contributed by atoms with Crippen molar-refractivity contribution in [3.05, 3.63) is 108 Å². The number of ketones is 1. The van der Waals surface area contributed by atoms with Crippen LogP contribution in [0.1, 0.15) is 15.9 Å². The molecule has 6 heteroatoms. The number of aromatic hydroxyl groups is 1. The second-order valence-corrected chi connectivity index (χ2v) is 8.56. The molecule has 0 radical (unpaired) electrons. The number of anilines is 1. The number of rotatable bonds is 9. The van der Waals surface area contributed by atoms with Crippen molar-refractivity contribution in [2.75, 3.05) is 18.5 Å². The molecule has 4 N–H and O–H groups in total. The summed E-state index contributed by atoms with van der Waals surface area (Å²) in [5.74, 6) is 0.798. The Balaban J connectivity index is 1.15. The lowest BCUT2D eigenvalue weighted by molar-refractivity contribution is 0.104. The van der Waals surface area contributed by atoms with Crippen LogP contribution in [0, 0.1) is 0 Å². The maximum atomic E-state index is 12.4. The molecule has 1 atom stereocenters. The minimum atomic E-state index is -0.722. The first-order valence-electron chi connectivity index (χ1n) is 11.7. The van der Waals surface area contributed by atoms with Gasteiger partial charge in [-0.2, -0.15) is 0 Å². The van der Waals surface area contributed by atoms with E-state index >= 15 is 0 Å². The number of aromatic nitrogens is 1. The van der Waals surface area contributed by atoms with E-state index in [0.29, 0.717) is 12.1 Å². The maximum Gasteiger partial charge on any atom is 0.185 e. The van der Waals surface area contributed by atoms with Crippen molar-refractivity contribution in [2.45, 2.75) is 6.10 Å². The Morgan fingerprint density at radius 1 is 0.917 bits per heavy atom. The number of hydrogen-bond acceptors (Lipinski definition) is 5. The minimum Gasteiger partial charge on any atom is -0.508 e. The van der Waals surface area contributed by atoms with Gasteiger partial charge in [-0.15, -0.1) is 0 Å². The number of phenolic OH excluding ortho intramolecular Hbond substituents is 1. The lowest BCUT2D eigenvalue weighted by Gasteiger charge is -2.15. The Bertz CT molecular complexity index is 1520. The van der Waals surface area contributed by atoms with Crippen LogP contribution in [0.3, 0.4) is 0 Å². The van der Waals surface area contributed by atoms with E-state index in [4.69, 9.17) is 4.74 Å². The van der Waals surface area contributed by atoms with Crippen molar-refractivity contribution in [3.63, 3.8) is 0 Å². The lowest BCUT2D eigenvalue weighted by atomic mass is 10.1. The Morgan fingerprint density at radius 3 is 2.47 bits per heavy atom. The number of carbonyl (C=O) groups is 1. The van der Waals surface area contributed by atoms with E-state index in [9.17, 15) is 15.0 Å². The average Bonchev–Trinajstić information content (AvgIpc) is 3.30. The van der Waals surface area contributed by atoms with Crippen molar-refractivity contribution in [1.29, 1.82) is 0 Å². The molecular formula is C30H26N2O4. The fraction of sp³-hybridized carbons (Fsp3) is 0.100. The fourth-order valence-electron chi connectivity index (χ4n) is 4.08. The molecule has 0 bridgehead atoms. The molecule has 5 aromatic rings. The third-order valence-electron chi connectivity index (χ3n) is 5.95. The van der Waals surface area contributed by atoms with Crippen molar-refractivity contribution >= 4 is 39.4 Å². The maximum absolute atomic E-state index is 12.4. The average molecular weight is 479 g/mol. The molecule has 1 aromatic heterocycles. The van der Waals surface area contributed by atoms with Gasteiger partial charge in [0.05, 0.1) is 5.52 Å². The zero-order valence-electron chi connectivity index (χ0n) is 19.5. The van der Waals surface area contributed by atoms with Crippen LogP contribution < -0.4 is 10.1 Å². The predicted octanol–water partition coefficient (Wildman–Crippen LogP) is 5.77. The largest absolute Gasteiger partial charge is 0.508 e. The van der Waals surface area contributed by atoms with E-state index in [2.05, 4.69) is 16.4 Å². The number of carbonyl (C=O) groups excluding carboxylic acids is 1.